The van der Waals surface area contributed by atoms with Gasteiger partial charge in [-0.05, 0) is 73.2 Å². The highest BCUT2D eigenvalue weighted by Gasteiger charge is 2.24. The van der Waals surface area contributed by atoms with Gasteiger partial charge in [0.2, 0.25) is 0 Å². The predicted octanol–water partition coefficient (Wildman–Crippen LogP) is 6.29. The number of nitrogens with zero attached hydrogens (tertiary/aromatic N) is 2. The maximum Gasteiger partial charge on any atom is 0.293 e. The molecular weight excluding hydrogens is 536 g/mol. The number of nitrogens with one attached hydrogen (secondary N) is 2. The smallest absolute Gasteiger partial charge is 0.293 e. The van der Waals surface area contributed by atoms with Crippen molar-refractivity contribution in [1.29, 1.82) is 0 Å². The number of sulfonamides is 1. The number of hydrogen-bond donors (Lipinski definition) is 2. The third-order valence-corrected chi connectivity index (χ3v) is 9.26. The number of aryl methyl sites for hydroxylation is 1. The zero-order valence-corrected chi connectivity index (χ0v) is 23.0. The number of carbonyl (C=O) groups excluding carboxylic acids is 1. The summed E-state index contributed by atoms with van der Waals surface area (Å²) in [5, 5.41) is 15.8. The summed E-state index contributed by atoms with van der Waals surface area (Å²) < 4.78 is 29.0. The minimum absolute atomic E-state index is 0.146. The summed E-state index contributed by atoms with van der Waals surface area (Å²) in [6, 6.07) is 16.1. The predicted molar refractivity (Wildman–Crippen MR) is 153 cm³/mol. The van der Waals surface area contributed by atoms with Crippen molar-refractivity contribution in [3.05, 3.63) is 81.3 Å². The molecule has 0 radical (unpaired) electrons. The Balaban J connectivity index is 1.29. The average Bonchev–Trinajstić information content (AvgIpc) is 3.31. The van der Waals surface area contributed by atoms with Gasteiger partial charge >= 0.3 is 0 Å². The molecular formula is C28H28N4O5S2. The first-order valence-electron chi connectivity index (χ1n) is 12.8. The van der Waals surface area contributed by atoms with Gasteiger partial charge in [0.1, 0.15) is 5.69 Å². The van der Waals surface area contributed by atoms with E-state index in [-0.39, 0.29) is 21.8 Å². The quantitative estimate of drug-likeness (QED) is 0.190. The van der Waals surface area contributed by atoms with Gasteiger partial charge in [-0.15, -0.1) is 11.3 Å². The van der Waals surface area contributed by atoms with Crippen LogP contribution in [0, 0.1) is 23.0 Å². The highest BCUT2D eigenvalue weighted by Crippen LogP contribution is 2.31. The molecule has 11 heteroatoms. The molecule has 3 aromatic carbocycles. The molecule has 1 fully saturated rings. The fraction of sp³-hybridized carbons (Fsp3) is 0.286. The number of thiazole rings is 1. The van der Waals surface area contributed by atoms with Gasteiger partial charge in [-0.1, -0.05) is 37.5 Å². The summed E-state index contributed by atoms with van der Waals surface area (Å²) in [6.07, 6.45) is 5.65. The first-order chi connectivity index (χ1) is 18.7. The highest BCUT2D eigenvalue weighted by molar-refractivity contribution is 7.90. The summed E-state index contributed by atoms with van der Waals surface area (Å²) in [4.78, 5) is 28.0. The number of hydrogen-bond acceptors (Lipinski definition) is 8. The monoisotopic (exact) mass is 564 g/mol. The lowest BCUT2D eigenvalue weighted by Gasteiger charge is -2.22. The fourth-order valence-corrected chi connectivity index (χ4v) is 6.70. The zero-order valence-electron chi connectivity index (χ0n) is 21.3. The van der Waals surface area contributed by atoms with E-state index in [1.807, 2.05) is 29.8 Å². The molecule has 1 aliphatic rings. The largest absolute Gasteiger partial charge is 0.379 e. The van der Waals surface area contributed by atoms with E-state index in [1.54, 1.807) is 23.5 Å². The molecule has 5 rings (SSSR count). The Hall–Kier alpha value is -3.83. The molecule has 1 aromatic heterocycles. The molecule has 4 aromatic rings. The third-order valence-electron chi connectivity index (χ3n) is 6.98. The van der Waals surface area contributed by atoms with Crippen molar-refractivity contribution in [1.82, 2.24) is 9.71 Å². The molecule has 0 saturated heterocycles. The van der Waals surface area contributed by atoms with Gasteiger partial charge in [0, 0.05) is 18.2 Å². The molecule has 202 valence electrons. The van der Waals surface area contributed by atoms with Crippen LogP contribution in [0.1, 0.15) is 47.5 Å². The van der Waals surface area contributed by atoms with Crippen molar-refractivity contribution < 1.29 is 18.1 Å². The topological polar surface area (TPSA) is 131 Å². The molecule has 0 aliphatic heterocycles. The van der Waals surface area contributed by atoms with Gasteiger partial charge in [-0.3, -0.25) is 14.9 Å². The molecule has 0 spiro atoms. The SMILES string of the molecule is Cc1nc2cc(-c3ccc(C(=O)NS(=O)(=O)c4ccc(NCC5CCCCC5)c([N+](=O)[O-])c4)cc3)ccc2s1. The molecule has 1 amide bonds. The number of fused-ring (bicyclic) bond motifs is 1. The first-order valence-corrected chi connectivity index (χ1v) is 15.1. The molecule has 39 heavy (non-hydrogen) atoms. The van der Waals surface area contributed by atoms with E-state index in [1.165, 1.54) is 30.7 Å². The van der Waals surface area contributed by atoms with Crippen LogP contribution in [0.5, 0.6) is 0 Å². The van der Waals surface area contributed by atoms with Crippen LogP contribution in [0.15, 0.2) is 65.6 Å². The summed E-state index contributed by atoms with van der Waals surface area (Å²) in [5.41, 5.74) is 2.74. The van der Waals surface area contributed by atoms with Gasteiger partial charge < -0.3 is 5.32 Å². The van der Waals surface area contributed by atoms with Gasteiger partial charge in [-0.2, -0.15) is 0 Å². The van der Waals surface area contributed by atoms with E-state index < -0.39 is 20.9 Å². The number of nitro groups is 1. The number of rotatable bonds is 8. The van der Waals surface area contributed by atoms with Gasteiger partial charge in [0.25, 0.3) is 21.6 Å². The van der Waals surface area contributed by atoms with Crippen molar-refractivity contribution in [3.8, 4) is 11.1 Å². The highest BCUT2D eigenvalue weighted by atomic mass is 32.2. The molecule has 1 saturated carbocycles. The Labute approximate surface area is 230 Å². The molecule has 2 N–H and O–H groups in total. The Morgan fingerprint density at radius 3 is 2.46 bits per heavy atom. The number of anilines is 1. The molecule has 0 unspecified atom stereocenters. The van der Waals surface area contributed by atoms with E-state index >= 15 is 0 Å². The van der Waals surface area contributed by atoms with Crippen molar-refractivity contribution in [2.75, 3.05) is 11.9 Å². The van der Waals surface area contributed by atoms with Gasteiger partial charge in [0.15, 0.2) is 0 Å². The van der Waals surface area contributed by atoms with Crippen molar-refractivity contribution in [2.24, 2.45) is 5.92 Å². The molecule has 0 bridgehead atoms. The second-order valence-corrected chi connectivity index (χ2v) is 12.7. The summed E-state index contributed by atoms with van der Waals surface area (Å²) >= 11 is 1.62. The Morgan fingerprint density at radius 1 is 1.03 bits per heavy atom. The molecule has 9 nitrogen and oxygen atoms in total. The molecule has 0 atom stereocenters. The summed E-state index contributed by atoms with van der Waals surface area (Å²) in [6.45, 7) is 2.55. The van der Waals surface area contributed by atoms with Crippen LogP contribution in [0.25, 0.3) is 21.3 Å². The minimum atomic E-state index is -4.34. The van der Waals surface area contributed by atoms with E-state index in [4.69, 9.17) is 0 Å². The first kappa shape index (κ1) is 26.8. The molecule has 1 aliphatic carbocycles. The van der Waals surface area contributed by atoms with Crippen LogP contribution in [-0.4, -0.2) is 30.8 Å². The zero-order chi connectivity index (χ0) is 27.6. The maximum atomic E-state index is 12.9. The Kier molecular flexibility index (Phi) is 7.62. The number of nitro benzene ring substituents is 1. The van der Waals surface area contributed by atoms with Crippen LogP contribution in [0.2, 0.25) is 0 Å². The van der Waals surface area contributed by atoms with Crippen LogP contribution in [-0.2, 0) is 10.0 Å². The van der Waals surface area contributed by atoms with E-state index in [0.29, 0.717) is 12.5 Å². The van der Waals surface area contributed by atoms with E-state index in [2.05, 4.69) is 10.3 Å². The second-order valence-electron chi connectivity index (χ2n) is 9.75. The Morgan fingerprint density at radius 2 is 1.74 bits per heavy atom. The van der Waals surface area contributed by atoms with Gasteiger partial charge in [-0.25, -0.2) is 18.1 Å². The normalized spacial score (nSPS) is 14.3. The van der Waals surface area contributed by atoms with Gasteiger partial charge in [0.05, 0.1) is 25.0 Å². The lowest BCUT2D eigenvalue weighted by molar-refractivity contribution is -0.384. The Bertz CT molecular complexity index is 1640. The second kappa shape index (κ2) is 11.1. The number of aromatic nitrogens is 1. The standard InChI is InChI=1S/C28H28N4O5S2/c1-18-30-25-15-22(11-14-27(25)38-18)20-7-9-21(10-8-20)28(33)31-39(36,37)23-12-13-24(26(16-23)32(34)35)29-17-19-5-3-2-4-6-19/h7-16,19,29H,2-6,17H2,1H3,(H,31,33). The lowest BCUT2D eigenvalue weighted by atomic mass is 9.89. The van der Waals surface area contributed by atoms with Crippen LogP contribution >= 0.6 is 11.3 Å². The lowest BCUT2D eigenvalue weighted by Crippen LogP contribution is -2.30. The van der Waals surface area contributed by atoms with Crippen LogP contribution < -0.4 is 10.0 Å². The van der Waals surface area contributed by atoms with E-state index in [0.717, 1.165) is 58.1 Å². The van der Waals surface area contributed by atoms with Crippen LogP contribution in [0.4, 0.5) is 11.4 Å². The number of benzene rings is 3. The van der Waals surface area contributed by atoms with Crippen molar-refractivity contribution >= 4 is 48.9 Å². The van der Waals surface area contributed by atoms with E-state index in [9.17, 15) is 23.3 Å². The van der Waals surface area contributed by atoms with Crippen molar-refractivity contribution in [3.63, 3.8) is 0 Å². The number of carbonyl (C=O) groups is 1. The minimum Gasteiger partial charge on any atom is -0.379 e. The van der Waals surface area contributed by atoms with Crippen molar-refractivity contribution in [2.45, 2.75) is 43.9 Å². The van der Waals surface area contributed by atoms with Crippen LogP contribution in [0.3, 0.4) is 0 Å². The average molecular weight is 565 g/mol. The maximum absolute atomic E-state index is 12.9. The third kappa shape index (κ3) is 6.10. The molecule has 1 heterocycles. The summed E-state index contributed by atoms with van der Waals surface area (Å²) in [5.74, 6) is -0.388. The fourth-order valence-electron chi connectivity index (χ4n) is 4.90. The number of amides is 1. The summed E-state index contributed by atoms with van der Waals surface area (Å²) in [7, 11) is -4.34.